The van der Waals surface area contributed by atoms with Crippen LogP contribution in [-0.4, -0.2) is 54.0 Å². The van der Waals surface area contributed by atoms with Crippen molar-refractivity contribution < 1.29 is 4.79 Å². The lowest BCUT2D eigenvalue weighted by atomic mass is 9.75. The number of carbonyl (C=O) groups excluding carboxylic acids is 1. The van der Waals surface area contributed by atoms with E-state index in [-0.39, 0.29) is 11.4 Å². The second-order valence-electron chi connectivity index (χ2n) is 6.80. The first kappa shape index (κ1) is 14.8. The van der Waals surface area contributed by atoms with Crippen LogP contribution < -0.4 is 5.73 Å². The van der Waals surface area contributed by atoms with Crippen molar-refractivity contribution in [3.63, 3.8) is 0 Å². The Balaban J connectivity index is 1.69. The lowest BCUT2D eigenvalue weighted by Crippen LogP contribution is -2.54. The van der Waals surface area contributed by atoms with Gasteiger partial charge in [-0.25, -0.2) is 0 Å². The van der Waals surface area contributed by atoms with Gasteiger partial charge in [0, 0.05) is 38.1 Å². The number of nitrogens with zero attached hydrogens (tertiary/aromatic N) is 2. The monoisotopic (exact) mass is 267 g/mol. The van der Waals surface area contributed by atoms with Crippen LogP contribution in [0.2, 0.25) is 0 Å². The molecule has 2 fully saturated rings. The maximum absolute atomic E-state index is 12.2. The summed E-state index contributed by atoms with van der Waals surface area (Å²) < 4.78 is 0. The number of rotatable bonds is 5. The van der Waals surface area contributed by atoms with Crippen LogP contribution in [0.1, 0.15) is 46.0 Å². The van der Waals surface area contributed by atoms with E-state index in [0.29, 0.717) is 6.42 Å². The predicted molar refractivity (Wildman–Crippen MR) is 77.9 cm³/mol. The molecule has 1 saturated carbocycles. The van der Waals surface area contributed by atoms with Crippen molar-refractivity contribution in [1.82, 2.24) is 9.80 Å². The van der Waals surface area contributed by atoms with Crippen LogP contribution in [0.5, 0.6) is 0 Å². The van der Waals surface area contributed by atoms with E-state index in [1.165, 1.54) is 19.4 Å². The number of amides is 1. The normalized spacial score (nSPS) is 23.5. The molecule has 1 aliphatic heterocycles. The van der Waals surface area contributed by atoms with Crippen LogP contribution in [0.15, 0.2) is 0 Å². The van der Waals surface area contributed by atoms with Crippen LogP contribution in [0, 0.1) is 5.92 Å². The summed E-state index contributed by atoms with van der Waals surface area (Å²) in [7, 11) is 0. The molecule has 1 amide bonds. The molecule has 0 bridgehead atoms. The third-order valence-corrected chi connectivity index (χ3v) is 4.60. The Morgan fingerprint density at radius 2 is 1.84 bits per heavy atom. The summed E-state index contributed by atoms with van der Waals surface area (Å²) in [6.07, 6.45) is 5.03. The Kier molecular flexibility index (Phi) is 4.85. The highest BCUT2D eigenvalue weighted by Gasteiger charge is 2.36. The van der Waals surface area contributed by atoms with Gasteiger partial charge in [0.05, 0.1) is 0 Å². The Morgan fingerprint density at radius 3 is 2.32 bits per heavy atom. The van der Waals surface area contributed by atoms with Gasteiger partial charge in [0.2, 0.25) is 5.91 Å². The fraction of sp³-hybridized carbons (Fsp3) is 0.933. The Labute approximate surface area is 117 Å². The molecular weight excluding hydrogens is 238 g/mol. The van der Waals surface area contributed by atoms with Crippen molar-refractivity contribution in [3.05, 3.63) is 0 Å². The van der Waals surface area contributed by atoms with Crippen LogP contribution in [0.3, 0.4) is 0 Å². The highest BCUT2D eigenvalue weighted by Crippen LogP contribution is 2.32. The Morgan fingerprint density at radius 1 is 1.21 bits per heavy atom. The molecule has 0 unspecified atom stereocenters. The summed E-state index contributed by atoms with van der Waals surface area (Å²) in [4.78, 5) is 16.7. The molecule has 2 N–H and O–H groups in total. The zero-order valence-electron chi connectivity index (χ0n) is 12.5. The topological polar surface area (TPSA) is 49.6 Å². The van der Waals surface area contributed by atoms with Crippen LogP contribution in [0.25, 0.3) is 0 Å². The third kappa shape index (κ3) is 4.18. The Bertz CT molecular complexity index is 305. The maximum Gasteiger partial charge on any atom is 0.224 e. The van der Waals surface area contributed by atoms with E-state index in [1.54, 1.807) is 0 Å². The quantitative estimate of drug-likeness (QED) is 0.820. The molecule has 4 nitrogen and oxygen atoms in total. The smallest absolute Gasteiger partial charge is 0.224 e. The van der Waals surface area contributed by atoms with Gasteiger partial charge >= 0.3 is 0 Å². The molecule has 110 valence electrons. The first-order valence-corrected chi connectivity index (χ1v) is 7.77. The molecule has 2 rings (SSSR count). The molecule has 0 radical (unpaired) electrons. The van der Waals surface area contributed by atoms with Crippen LogP contribution >= 0.6 is 0 Å². The summed E-state index contributed by atoms with van der Waals surface area (Å²) >= 11 is 0. The van der Waals surface area contributed by atoms with Crippen LogP contribution in [0.4, 0.5) is 0 Å². The Hall–Kier alpha value is -0.610. The van der Waals surface area contributed by atoms with Gasteiger partial charge in [0.25, 0.3) is 0 Å². The average molecular weight is 267 g/mol. The molecule has 1 heterocycles. The molecule has 1 saturated heterocycles. The second kappa shape index (κ2) is 6.23. The fourth-order valence-electron chi connectivity index (χ4n) is 2.88. The van der Waals surface area contributed by atoms with Gasteiger partial charge in [-0.15, -0.1) is 0 Å². The minimum atomic E-state index is -0.175. The second-order valence-corrected chi connectivity index (χ2v) is 6.80. The molecule has 0 aromatic rings. The first-order valence-electron chi connectivity index (χ1n) is 7.77. The van der Waals surface area contributed by atoms with Gasteiger partial charge in [-0.2, -0.15) is 0 Å². The van der Waals surface area contributed by atoms with Crippen LogP contribution in [-0.2, 0) is 4.79 Å². The van der Waals surface area contributed by atoms with Crippen molar-refractivity contribution in [3.8, 4) is 0 Å². The third-order valence-electron chi connectivity index (χ3n) is 4.60. The van der Waals surface area contributed by atoms with E-state index in [9.17, 15) is 4.79 Å². The van der Waals surface area contributed by atoms with E-state index in [2.05, 4.69) is 18.7 Å². The van der Waals surface area contributed by atoms with Gasteiger partial charge in [0.15, 0.2) is 0 Å². The van der Waals surface area contributed by atoms with Gasteiger partial charge in [-0.1, -0.05) is 13.8 Å². The van der Waals surface area contributed by atoms with E-state index < -0.39 is 0 Å². The van der Waals surface area contributed by atoms with Gasteiger partial charge in [0.1, 0.15) is 0 Å². The van der Waals surface area contributed by atoms with Crippen molar-refractivity contribution in [2.75, 3.05) is 32.7 Å². The molecule has 4 heteroatoms. The standard InChI is InChI=1S/C15H29N3O/c1-13(2)4-7-17-8-10-18(11-9-17)14(19)12-15(16)5-3-6-15/h13H,3-12,16H2,1-2H3. The number of hydrogen-bond acceptors (Lipinski definition) is 3. The van der Waals surface area contributed by atoms with Crippen molar-refractivity contribution in [1.29, 1.82) is 0 Å². The largest absolute Gasteiger partial charge is 0.340 e. The molecule has 1 aliphatic carbocycles. The van der Waals surface area contributed by atoms with E-state index in [0.717, 1.165) is 44.9 Å². The van der Waals surface area contributed by atoms with Gasteiger partial charge < -0.3 is 10.6 Å². The first-order chi connectivity index (χ1) is 8.98. The molecule has 0 spiro atoms. The average Bonchev–Trinajstić information content (AvgIpc) is 2.35. The minimum Gasteiger partial charge on any atom is -0.340 e. The van der Waals surface area contributed by atoms with Crippen molar-refractivity contribution in [2.45, 2.75) is 51.5 Å². The molecule has 19 heavy (non-hydrogen) atoms. The molecule has 0 aromatic carbocycles. The molecule has 0 aromatic heterocycles. The summed E-state index contributed by atoms with van der Waals surface area (Å²) in [5.74, 6) is 1.03. The van der Waals surface area contributed by atoms with Gasteiger partial charge in [-0.3, -0.25) is 9.69 Å². The number of nitrogens with two attached hydrogens (primary N) is 1. The highest BCUT2D eigenvalue weighted by molar-refractivity contribution is 5.77. The van der Waals surface area contributed by atoms with Crippen molar-refractivity contribution in [2.24, 2.45) is 11.7 Å². The summed E-state index contributed by atoms with van der Waals surface area (Å²) in [6.45, 7) is 9.50. The lowest BCUT2D eigenvalue weighted by Gasteiger charge is -2.41. The number of carbonyl (C=O) groups is 1. The summed E-state index contributed by atoms with van der Waals surface area (Å²) in [6, 6.07) is 0. The zero-order valence-corrected chi connectivity index (χ0v) is 12.5. The highest BCUT2D eigenvalue weighted by atomic mass is 16.2. The fourth-order valence-corrected chi connectivity index (χ4v) is 2.88. The molecule has 0 atom stereocenters. The lowest BCUT2D eigenvalue weighted by molar-refractivity contribution is -0.135. The maximum atomic E-state index is 12.2. The summed E-state index contributed by atoms with van der Waals surface area (Å²) in [5, 5.41) is 0. The minimum absolute atomic E-state index is 0.175. The zero-order chi connectivity index (χ0) is 13.9. The number of piperazine rings is 1. The summed E-state index contributed by atoms with van der Waals surface area (Å²) in [5.41, 5.74) is 5.99. The predicted octanol–water partition coefficient (Wildman–Crippen LogP) is 1.45. The van der Waals surface area contributed by atoms with E-state index in [4.69, 9.17) is 5.73 Å². The van der Waals surface area contributed by atoms with Gasteiger partial charge in [-0.05, 0) is 38.1 Å². The SMILES string of the molecule is CC(C)CCN1CCN(C(=O)CC2(N)CCC2)CC1. The van der Waals surface area contributed by atoms with E-state index >= 15 is 0 Å². The molecule has 2 aliphatic rings. The van der Waals surface area contributed by atoms with Crippen molar-refractivity contribution >= 4 is 5.91 Å². The number of hydrogen-bond donors (Lipinski definition) is 1. The van der Waals surface area contributed by atoms with E-state index in [1.807, 2.05) is 4.90 Å². The molecular formula is C15H29N3O.